The summed E-state index contributed by atoms with van der Waals surface area (Å²) in [6, 6.07) is 1.74. The van der Waals surface area contributed by atoms with Crippen LogP contribution in [0.15, 0.2) is 12.7 Å². The fraction of sp³-hybridized carbons (Fsp3) is 0.893. The summed E-state index contributed by atoms with van der Waals surface area (Å²) in [5.41, 5.74) is 0. The van der Waals surface area contributed by atoms with Gasteiger partial charge in [0.15, 0.2) is 0 Å². The van der Waals surface area contributed by atoms with E-state index >= 15 is 0 Å². The molecule has 0 aromatic rings. The minimum atomic E-state index is 0.237. The zero-order valence-electron chi connectivity index (χ0n) is 22.2. The first kappa shape index (κ1) is 26.7. The van der Waals surface area contributed by atoms with Gasteiger partial charge in [0.25, 0.3) is 0 Å². The van der Waals surface area contributed by atoms with Gasteiger partial charge >= 0.3 is 0 Å². The number of hydrogen-bond donors (Lipinski definition) is 0. The third kappa shape index (κ3) is 6.41. The number of ether oxygens (including phenoxy) is 1. The van der Waals surface area contributed by atoms with Crippen molar-refractivity contribution in [3.05, 3.63) is 12.7 Å². The number of nitrogens with zero attached hydrogens (tertiary/aromatic N) is 3. The van der Waals surface area contributed by atoms with Crippen molar-refractivity contribution in [2.45, 2.75) is 103 Å². The lowest BCUT2D eigenvalue weighted by Gasteiger charge is -2.53. The average Bonchev–Trinajstić information content (AvgIpc) is 2.83. The monoisotopic (exact) mass is 461 g/mol. The number of carbonyl (C=O) groups excluding carboxylic acids is 1. The molecule has 5 atom stereocenters. The molecule has 0 spiro atoms. The van der Waals surface area contributed by atoms with Gasteiger partial charge in [0.05, 0.1) is 6.10 Å². The van der Waals surface area contributed by atoms with Crippen LogP contribution in [0, 0.1) is 17.8 Å². The summed E-state index contributed by atoms with van der Waals surface area (Å²) in [5.74, 6) is 2.05. The standard InChI is InChI=1S/C28H51N3O2/c1-7-17-30-19-22(5)31(20-21(30)4)27(25-11-10-12-26(18-25)33-6)23-13-15-24(16-14-23)28(32)29(8-2)9-3/h7,21-27H,1,8-20H2,2-6H3/t21-,22+,23?,24?,25?,26?,27?/m1/s1. The minimum absolute atomic E-state index is 0.237. The molecule has 2 saturated carbocycles. The van der Waals surface area contributed by atoms with E-state index in [1.54, 1.807) is 0 Å². The van der Waals surface area contributed by atoms with Crippen molar-refractivity contribution in [1.29, 1.82) is 0 Å². The van der Waals surface area contributed by atoms with Gasteiger partial charge in [-0.15, -0.1) is 6.58 Å². The van der Waals surface area contributed by atoms with Gasteiger partial charge in [0.1, 0.15) is 0 Å². The predicted molar refractivity (Wildman–Crippen MR) is 137 cm³/mol. The van der Waals surface area contributed by atoms with Crippen LogP contribution in [0.3, 0.4) is 0 Å². The number of carbonyl (C=O) groups is 1. The van der Waals surface area contributed by atoms with E-state index in [-0.39, 0.29) is 5.92 Å². The molecule has 0 bridgehead atoms. The van der Waals surface area contributed by atoms with Crippen LogP contribution in [-0.2, 0) is 9.53 Å². The quantitative estimate of drug-likeness (QED) is 0.462. The van der Waals surface area contributed by atoms with Crippen LogP contribution in [0.1, 0.15) is 79.1 Å². The van der Waals surface area contributed by atoms with Crippen molar-refractivity contribution in [1.82, 2.24) is 14.7 Å². The fourth-order valence-corrected chi connectivity index (χ4v) is 7.19. The van der Waals surface area contributed by atoms with E-state index in [1.165, 1.54) is 38.5 Å². The molecule has 0 radical (unpaired) electrons. The van der Waals surface area contributed by atoms with Crippen molar-refractivity contribution >= 4 is 5.91 Å². The van der Waals surface area contributed by atoms with Crippen molar-refractivity contribution in [2.75, 3.05) is 39.8 Å². The smallest absolute Gasteiger partial charge is 0.225 e. The van der Waals surface area contributed by atoms with Crippen molar-refractivity contribution in [2.24, 2.45) is 17.8 Å². The number of amides is 1. The van der Waals surface area contributed by atoms with E-state index in [0.717, 1.165) is 45.6 Å². The Labute approximate surface area is 203 Å². The summed E-state index contributed by atoms with van der Waals surface area (Å²) in [5, 5.41) is 0. The van der Waals surface area contributed by atoms with Gasteiger partial charge in [-0.25, -0.2) is 0 Å². The lowest BCUT2D eigenvalue weighted by Crippen LogP contribution is -2.62. The molecular weight excluding hydrogens is 410 g/mol. The fourth-order valence-electron chi connectivity index (χ4n) is 7.19. The first-order valence-corrected chi connectivity index (χ1v) is 13.9. The maximum Gasteiger partial charge on any atom is 0.225 e. The van der Waals surface area contributed by atoms with Crippen molar-refractivity contribution in [3.63, 3.8) is 0 Å². The maximum absolute atomic E-state index is 13.0. The Balaban J connectivity index is 1.74. The third-order valence-corrected chi connectivity index (χ3v) is 9.07. The zero-order chi connectivity index (χ0) is 24.0. The van der Waals surface area contributed by atoms with Crippen molar-refractivity contribution < 1.29 is 9.53 Å². The second kappa shape index (κ2) is 12.7. The number of methoxy groups -OCH3 is 1. The van der Waals surface area contributed by atoms with E-state index in [4.69, 9.17) is 4.74 Å². The van der Waals surface area contributed by atoms with Crippen LogP contribution in [0.2, 0.25) is 0 Å². The summed E-state index contributed by atoms with van der Waals surface area (Å²) < 4.78 is 5.85. The number of piperazine rings is 1. The molecular formula is C28H51N3O2. The first-order chi connectivity index (χ1) is 15.9. The molecule has 1 saturated heterocycles. The minimum Gasteiger partial charge on any atom is -0.381 e. The van der Waals surface area contributed by atoms with Gasteiger partial charge in [0, 0.05) is 63.9 Å². The maximum atomic E-state index is 13.0. The van der Waals surface area contributed by atoms with Gasteiger partial charge in [-0.3, -0.25) is 14.6 Å². The van der Waals surface area contributed by atoms with Crippen molar-refractivity contribution in [3.8, 4) is 0 Å². The largest absolute Gasteiger partial charge is 0.381 e. The highest BCUT2D eigenvalue weighted by atomic mass is 16.5. The summed E-state index contributed by atoms with van der Waals surface area (Å²) in [4.78, 5) is 20.5. The van der Waals surface area contributed by atoms with Gasteiger partial charge in [0.2, 0.25) is 5.91 Å². The van der Waals surface area contributed by atoms with Gasteiger partial charge in [-0.1, -0.05) is 12.5 Å². The van der Waals surface area contributed by atoms with Gasteiger partial charge < -0.3 is 9.64 Å². The Kier molecular flexibility index (Phi) is 10.3. The molecule has 5 nitrogen and oxygen atoms in total. The Morgan fingerprint density at radius 2 is 1.73 bits per heavy atom. The second-order valence-corrected chi connectivity index (χ2v) is 11.0. The van der Waals surface area contributed by atoms with E-state index in [0.29, 0.717) is 42.0 Å². The molecule has 5 heteroatoms. The normalized spacial score (nSPS) is 35.2. The van der Waals surface area contributed by atoms with Crippen LogP contribution in [-0.4, -0.2) is 84.7 Å². The predicted octanol–water partition coefficient (Wildman–Crippen LogP) is 4.82. The molecule has 1 heterocycles. The molecule has 1 amide bonds. The van der Waals surface area contributed by atoms with E-state index < -0.39 is 0 Å². The lowest BCUT2D eigenvalue weighted by atomic mass is 9.70. The molecule has 0 aromatic carbocycles. The first-order valence-electron chi connectivity index (χ1n) is 13.9. The third-order valence-electron chi connectivity index (χ3n) is 9.07. The van der Waals surface area contributed by atoms with E-state index in [9.17, 15) is 4.79 Å². The molecule has 2 aliphatic carbocycles. The summed E-state index contributed by atoms with van der Waals surface area (Å²) in [6.07, 6.45) is 12.0. The Morgan fingerprint density at radius 3 is 2.33 bits per heavy atom. The van der Waals surface area contributed by atoms with Gasteiger partial charge in [-0.05, 0) is 84.5 Å². The Bertz CT molecular complexity index is 614. The van der Waals surface area contributed by atoms with Crippen LogP contribution < -0.4 is 0 Å². The highest BCUT2D eigenvalue weighted by Gasteiger charge is 2.43. The zero-order valence-corrected chi connectivity index (χ0v) is 22.2. The molecule has 0 aromatic heterocycles. The van der Waals surface area contributed by atoms with Crippen LogP contribution in [0.5, 0.6) is 0 Å². The molecule has 190 valence electrons. The topological polar surface area (TPSA) is 36.0 Å². The molecule has 3 rings (SSSR count). The Hall–Kier alpha value is -0.910. The van der Waals surface area contributed by atoms with E-state index in [1.807, 2.05) is 12.0 Å². The van der Waals surface area contributed by atoms with E-state index in [2.05, 4.69) is 50.1 Å². The summed E-state index contributed by atoms with van der Waals surface area (Å²) >= 11 is 0. The molecule has 33 heavy (non-hydrogen) atoms. The average molecular weight is 462 g/mol. The molecule has 0 N–H and O–H groups in total. The molecule has 3 aliphatic rings. The summed E-state index contributed by atoms with van der Waals surface area (Å²) in [7, 11) is 1.89. The second-order valence-electron chi connectivity index (χ2n) is 11.0. The molecule has 3 unspecified atom stereocenters. The summed E-state index contributed by atoms with van der Waals surface area (Å²) in [6.45, 7) is 17.9. The SMILES string of the molecule is C=CCN1C[C@H](C)N(C(C2CCC(C(=O)N(CC)CC)CC2)C2CCCC(OC)C2)C[C@H]1C. The number of hydrogen-bond acceptors (Lipinski definition) is 4. The Morgan fingerprint density at radius 1 is 1.03 bits per heavy atom. The van der Waals surface area contributed by atoms with Gasteiger partial charge in [-0.2, -0.15) is 0 Å². The lowest BCUT2D eigenvalue weighted by molar-refractivity contribution is -0.137. The van der Waals surface area contributed by atoms with Crippen LogP contribution >= 0.6 is 0 Å². The van der Waals surface area contributed by atoms with Crippen LogP contribution in [0.4, 0.5) is 0 Å². The van der Waals surface area contributed by atoms with Crippen LogP contribution in [0.25, 0.3) is 0 Å². The number of rotatable bonds is 9. The molecule has 1 aliphatic heterocycles. The highest BCUT2D eigenvalue weighted by molar-refractivity contribution is 5.78. The molecule has 3 fully saturated rings. The highest BCUT2D eigenvalue weighted by Crippen LogP contribution is 2.42.